The van der Waals surface area contributed by atoms with Crippen molar-refractivity contribution in [2.75, 3.05) is 18.0 Å². The lowest BCUT2D eigenvalue weighted by molar-refractivity contribution is 0.0925. The SMILES string of the molecule is CCn1ccc(C(=O)NC2CCN(c3cc(C)[nH]n3)CC2)n1. The molecule has 7 heteroatoms. The maximum Gasteiger partial charge on any atom is 0.271 e. The molecule has 0 radical (unpaired) electrons. The van der Waals surface area contributed by atoms with Crippen molar-refractivity contribution in [1.82, 2.24) is 25.3 Å². The van der Waals surface area contributed by atoms with Crippen LogP contribution in [-0.4, -0.2) is 45.0 Å². The number of carbonyl (C=O) groups excluding carboxylic acids is 1. The van der Waals surface area contributed by atoms with Crippen molar-refractivity contribution >= 4 is 11.7 Å². The fourth-order valence-corrected chi connectivity index (χ4v) is 2.74. The van der Waals surface area contributed by atoms with E-state index in [4.69, 9.17) is 0 Å². The van der Waals surface area contributed by atoms with Crippen molar-refractivity contribution < 1.29 is 4.79 Å². The van der Waals surface area contributed by atoms with Gasteiger partial charge in [0, 0.05) is 43.6 Å². The predicted molar refractivity (Wildman–Crippen MR) is 83.9 cm³/mol. The highest BCUT2D eigenvalue weighted by atomic mass is 16.2. The van der Waals surface area contributed by atoms with E-state index in [9.17, 15) is 4.79 Å². The fraction of sp³-hybridized carbons (Fsp3) is 0.533. The molecule has 22 heavy (non-hydrogen) atoms. The zero-order valence-electron chi connectivity index (χ0n) is 13.0. The summed E-state index contributed by atoms with van der Waals surface area (Å²) in [6, 6.07) is 4.02. The summed E-state index contributed by atoms with van der Waals surface area (Å²) in [6.45, 7) is 6.58. The van der Waals surface area contributed by atoms with E-state index in [0.717, 1.165) is 44.0 Å². The largest absolute Gasteiger partial charge is 0.355 e. The molecule has 1 saturated heterocycles. The first-order valence-corrected chi connectivity index (χ1v) is 7.77. The van der Waals surface area contributed by atoms with Crippen molar-refractivity contribution in [3.8, 4) is 0 Å². The van der Waals surface area contributed by atoms with E-state index < -0.39 is 0 Å². The molecule has 1 aliphatic heterocycles. The number of piperidine rings is 1. The Kier molecular flexibility index (Phi) is 4.13. The van der Waals surface area contributed by atoms with Gasteiger partial charge in [-0.15, -0.1) is 0 Å². The fourth-order valence-electron chi connectivity index (χ4n) is 2.74. The van der Waals surface area contributed by atoms with Gasteiger partial charge in [0.05, 0.1) is 0 Å². The van der Waals surface area contributed by atoms with Gasteiger partial charge in [-0.3, -0.25) is 14.6 Å². The van der Waals surface area contributed by atoms with Crippen LogP contribution in [0.2, 0.25) is 0 Å². The number of aryl methyl sites for hydroxylation is 2. The third-order valence-corrected chi connectivity index (χ3v) is 4.04. The Hall–Kier alpha value is -2.31. The number of anilines is 1. The first kappa shape index (κ1) is 14.6. The summed E-state index contributed by atoms with van der Waals surface area (Å²) < 4.78 is 1.76. The van der Waals surface area contributed by atoms with Crippen LogP contribution in [0.15, 0.2) is 18.3 Å². The van der Waals surface area contributed by atoms with Crippen LogP contribution < -0.4 is 10.2 Å². The molecular formula is C15H22N6O. The number of carbonyl (C=O) groups is 1. The summed E-state index contributed by atoms with van der Waals surface area (Å²) >= 11 is 0. The Labute approximate surface area is 129 Å². The second-order valence-electron chi connectivity index (χ2n) is 5.70. The van der Waals surface area contributed by atoms with Gasteiger partial charge >= 0.3 is 0 Å². The minimum Gasteiger partial charge on any atom is -0.355 e. The van der Waals surface area contributed by atoms with Gasteiger partial charge in [0.2, 0.25) is 0 Å². The van der Waals surface area contributed by atoms with E-state index in [1.165, 1.54) is 0 Å². The molecule has 0 aromatic carbocycles. The molecule has 0 unspecified atom stereocenters. The molecule has 3 rings (SSSR count). The quantitative estimate of drug-likeness (QED) is 0.893. The molecule has 1 fully saturated rings. The Morgan fingerprint density at radius 1 is 1.45 bits per heavy atom. The van der Waals surface area contributed by atoms with Crippen LogP contribution in [0.5, 0.6) is 0 Å². The summed E-state index contributed by atoms with van der Waals surface area (Å²) in [5.74, 6) is 0.908. The Morgan fingerprint density at radius 2 is 2.23 bits per heavy atom. The Bertz CT molecular complexity index is 638. The summed E-state index contributed by atoms with van der Waals surface area (Å²) in [5.41, 5.74) is 1.56. The normalized spacial score (nSPS) is 16.0. The first-order chi connectivity index (χ1) is 10.7. The van der Waals surface area contributed by atoms with Crippen LogP contribution in [0.4, 0.5) is 5.82 Å². The smallest absolute Gasteiger partial charge is 0.271 e. The number of H-pyrrole nitrogens is 1. The molecule has 7 nitrogen and oxygen atoms in total. The summed E-state index contributed by atoms with van der Waals surface area (Å²) in [4.78, 5) is 14.4. The minimum atomic E-state index is -0.0822. The van der Waals surface area contributed by atoms with Crippen molar-refractivity contribution in [3.63, 3.8) is 0 Å². The molecule has 2 N–H and O–H groups in total. The molecule has 1 amide bonds. The zero-order valence-corrected chi connectivity index (χ0v) is 13.0. The molecule has 2 aromatic heterocycles. The number of rotatable bonds is 4. The summed E-state index contributed by atoms with van der Waals surface area (Å²) in [5, 5.41) is 14.6. The lowest BCUT2D eigenvalue weighted by Crippen LogP contribution is -2.45. The number of nitrogens with zero attached hydrogens (tertiary/aromatic N) is 4. The van der Waals surface area contributed by atoms with Crippen molar-refractivity contribution in [3.05, 3.63) is 29.7 Å². The molecule has 0 saturated carbocycles. The van der Waals surface area contributed by atoms with Gasteiger partial charge in [0.15, 0.2) is 5.82 Å². The van der Waals surface area contributed by atoms with E-state index in [-0.39, 0.29) is 11.9 Å². The Morgan fingerprint density at radius 3 is 2.82 bits per heavy atom. The molecule has 0 bridgehead atoms. The van der Waals surface area contributed by atoms with Crippen LogP contribution in [0.3, 0.4) is 0 Å². The summed E-state index contributed by atoms with van der Waals surface area (Å²) in [6.07, 6.45) is 3.68. The van der Waals surface area contributed by atoms with Crippen LogP contribution in [0.25, 0.3) is 0 Å². The first-order valence-electron chi connectivity index (χ1n) is 7.77. The van der Waals surface area contributed by atoms with Crippen molar-refractivity contribution in [2.45, 2.75) is 39.3 Å². The minimum absolute atomic E-state index is 0.0822. The third-order valence-electron chi connectivity index (χ3n) is 4.04. The Balaban J connectivity index is 1.52. The topological polar surface area (TPSA) is 78.8 Å². The second-order valence-corrected chi connectivity index (χ2v) is 5.70. The van der Waals surface area contributed by atoms with Crippen LogP contribution in [-0.2, 0) is 6.54 Å². The number of aromatic amines is 1. The lowest BCUT2D eigenvalue weighted by atomic mass is 10.0. The number of aromatic nitrogens is 4. The number of hydrogen-bond acceptors (Lipinski definition) is 4. The monoisotopic (exact) mass is 302 g/mol. The van der Waals surface area contributed by atoms with Gasteiger partial charge in [-0.25, -0.2) is 0 Å². The van der Waals surface area contributed by atoms with E-state index in [2.05, 4.69) is 31.6 Å². The maximum atomic E-state index is 12.2. The standard InChI is InChI=1S/C15H22N6O/c1-3-21-9-6-13(19-21)15(22)16-12-4-7-20(8-5-12)14-10-11(2)17-18-14/h6,9-10,12H,3-5,7-8H2,1-2H3,(H,16,22)(H,17,18). The van der Waals surface area contributed by atoms with Gasteiger partial charge < -0.3 is 10.2 Å². The molecule has 2 aromatic rings. The van der Waals surface area contributed by atoms with E-state index in [1.54, 1.807) is 10.7 Å². The highest BCUT2D eigenvalue weighted by Crippen LogP contribution is 2.18. The molecule has 0 aliphatic carbocycles. The molecule has 118 valence electrons. The highest BCUT2D eigenvalue weighted by molar-refractivity contribution is 5.92. The molecule has 0 atom stereocenters. The highest BCUT2D eigenvalue weighted by Gasteiger charge is 2.23. The lowest BCUT2D eigenvalue weighted by Gasteiger charge is -2.32. The van der Waals surface area contributed by atoms with E-state index in [1.807, 2.05) is 20.0 Å². The third kappa shape index (κ3) is 3.13. The molecular weight excluding hydrogens is 280 g/mol. The second kappa shape index (κ2) is 6.21. The predicted octanol–water partition coefficient (Wildman–Crippen LogP) is 1.33. The van der Waals surface area contributed by atoms with E-state index >= 15 is 0 Å². The number of hydrogen-bond donors (Lipinski definition) is 2. The van der Waals surface area contributed by atoms with Crippen LogP contribution >= 0.6 is 0 Å². The average Bonchev–Trinajstić information content (AvgIpc) is 3.17. The average molecular weight is 302 g/mol. The van der Waals surface area contributed by atoms with Crippen molar-refractivity contribution in [1.29, 1.82) is 0 Å². The van der Waals surface area contributed by atoms with Crippen molar-refractivity contribution in [2.24, 2.45) is 0 Å². The zero-order chi connectivity index (χ0) is 15.5. The number of nitrogens with one attached hydrogen (secondary N) is 2. The van der Waals surface area contributed by atoms with E-state index in [0.29, 0.717) is 5.69 Å². The van der Waals surface area contributed by atoms with Gasteiger partial charge in [-0.05, 0) is 32.8 Å². The van der Waals surface area contributed by atoms with Gasteiger partial charge in [0.1, 0.15) is 5.69 Å². The van der Waals surface area contributed by atoms with Crippen LogP contribution in [0, 0.1) is 6.92 Å². The molecule has 1 aliphatic rings. The van der Waals surface area contributed by atoms with Gasteiger partial charge in [-0.1, -0.05) is 0 Å². The number of amides is 1. The van der Waals surface area contributed by atoms with Gasteiger partial charge in [-0.2, -0.15) is 10.2 Å². The molecule has 0 spiro atoms. The summed E-state index contributed by atoms with van der Waals surface area (Å²) in [7, 11) is 0. The maximum absolute atomic E-state index is 12.2. The van der Waals surface area contributed by atoms with Crippen LogP contribution in [0.1, 0.15) is 35.9 Å². The molecule has 3 heterocycles. The van der Waals surface area contributed by atoms with Gasteiger partial charge in [0.25, 0.3) is 5.91 Å².